The van der Waals surface area contributed by atoms with E-state index in [-0.39, 0.29) is 22.1 Å². The van der Waals surface area contributed by atoms with Gasteiger partial charge in [0.1, 0.15) is 16.4 Å². The second kappa shape index (κ2) is 7.75. The first-order valence-corrected chi connectivity index (χ1v) is 10.5. The van der Waals surface area contributed by atoms with Gasteiger partial charge in [0.15, 0.2) is 0 Å². The van der Waals surface area contributed by atoms with Gasteiger partial charge in [-0.25, -0.2) is 8.42 Å². The highest BCUT2D eigenvalue weighted by Gasteiger charge is 2.32. The number of amides is 1. The number of likely N-dealkylation sites (tertiary alicyclic amines) is 1. The third kappa shape index (κ3) is 3.66. The molecule has 1 amide bonds. The fraction of sp³-hybridized carbons (Fsp3) is 0.421. The summed E-state index contributed by atoms with van der Waals surface area (Å²) in [6.07, 6.45) is 1.86. The van der Waals surface area contributed by atoms with Crippen molar-refractivity contribution in [1.82, 2.24) is 9.88 Å². The Bertz CT molecular complexity index is 991. The Morgan fingerprint density at radius 2 is 1.79 bits per heavy atom. The number of methoxy groups -OCH3 is 2. The smallest absolute Gasteiger partial charge is 0.264 e. The molecule has 1 aliphatic rings. The largest absolute Gasteiger partial charge is 0.497 e. The van der Waals surface area contributed by atoms with E-state index in [1.807, 2.05) is 0 Å². The number of H-pyrrole nitrogens is 1. The number of ether oxygens (including phenoxy) is 2. The summed E-state index contributed by atoms with van der Waals surface area (Å²) in [5, 5.41) is 0. The molecule has 0 saturated carbocycles. The van der Waals surface area contributed by atoms with Crippen LogP contribution in [0, 0.1) is 13.8 Å². The molecule has 2 N–H and O–H groups in total. The predicted octanol–water partition coefficient (Wildman–Crippen LogP) is 2.69. The zero-order valence-corrected chi connectivity index (χ0v) is 17.3. The zero-order valence-electron chi connectivity index (χ0n) is 16.5. The van der Waals surface area contributed by atoms with Crippen molar-refractivity contribution in [2.45, 2.75) is 31.6 Å². The molecule has 0 spiro atoms. The minimum atomic E-state index is -4.03. The first kappa shape index (κ1) is 20.1. The summed E-state index contributed by atoms with van der Waals surface area (Å²) in [5.41, 5.74) is 1.41. The van der Waals surface area contributed by atoms with Crippen LogP contribution < -0.4 is 14.2 Å². The lowest BCUT2D eigenvalue weighted by Gasteiger charge is -2.17. The van der Waals surface area contributed by atoms with Gasteiger partial charge in [0.05, 0.1) is 25.5 Å². The first-order valence-electron chi connectivity index (χ1n) is 9.01. The molecule has 152 valence electrons. The van der Waals surface area contributed by atoms with Crippen LogP contribution in [-0.2, 0) is 10.0 Å². The van der Waals surface area contributed by atoms with Crippen LogP contribution in [0.2, 0.25) is 0 Å². The molecule has 1 fully saturated rings. The number of aromatic amines is 1. The van der Waals surface area contributed by atoms with E-state index >= 15 is 0 Å². The maximum absolute atomic E-state index is 13.2. The van der Waals surface area contributed by atoms with E-state index < -0.39 is 10.0 Å². The van der Waals surface area contributed by atoms with Gasteiger partial charge in [-0.1, -0.05) is 0 Å². The summed E-state index contributed by atoms with van der Waals surface area (Å²) >= 11 is 0. The quantitative estimate of drug-likeness (QED) is 0.767. The monoisotopic (exact) mass is 407 g/mol. The van der Waals surface area contributed by atoms with Crippen molar-refractivity contribution < 1.29 is 22.7 Å². The number of nitrogens with zero attached hydrogens (tertiary/aromatic N) is 1. The van der Waals surface area contributed by atoms with Crippen LogP contribution in [0.25, 0.3) is 0 Å². The highest BCUT2D eigenvalue weighted by atomic mass is 32.2. The minimum absolute atomic E-state index is 0.0280. The van der Waals surface area contributed by atoms with Crippen molar-refractivity contribution in [2.75, 3.05) is 32.0 Å². The van der Waals surface area contributed by atoms with E-state index in [9.17, 15) is 13.2 Å². The Morgan fingerprint density at radius 1 is 1.11 bits per heavy atom. The van der Waals surface area contributed by atoms with Crippen LogP contribution >= 0.6 is 0 Å². The Kier molecular flexibility index (Phi) is 5.55. The molecule has 1 aromatic carbocycles. The molecular weight excluding hydrogens is 382 g/mol. The van der Waals surface area contributed by atoms with Crippen LogP contribution in [0.4, 0.5) is 5.69 Å². The third-order valence-electron chi connectivity index (χ3n) is 4.85. The highest BCUT2D eigenvalue weighted by molar-refractivity contribution is 7.92. The highest BCUT2D eigenvalue weighted by Crippen LogP contribution is 2.33. The van der Waals surface area contributed by atoms with Gasteiger partial charge < -0.3 is 19.4 Å². The number of hydrogen-bond acceptors (Lipinski definition) is 5. The van der Waals surface area contributed by atoms with Gasteiger partial charge in [-0.05, 0) is 38.8 Å². The Morgan fingerprint density at radius 3 is 2.39 bits per heavy atom. The number of hydrogen-bond donors (Lipinski definition) is 2. The van der Waals surface area contributed by atoms with Crippen LogP contribution in [0.15, 0.2) is 23.1 Å². The molecule has 0 unspecified atom stereocenters. The molecule has 2 heterocycles. The summed E-state index contributed by atoms with van der Waals surface area (Å²) < 4.78 is 39.4. The molecule has 0 atom stereocenters. The number of carbonyl (C=O) groups excluding carboxylic acids is 1. The topological polar surface area (TPSA) is 101 Å². The molecule has 0 bridgehead atoms. The Balaban J connectivity index is 2.02. The number of benzene rings is 1. The lowest BCUT2D eigenvalue weighted by atomic mass is 10.2. The van der Waals surface area contributed by atoms with Crippen molar-refractivity contribution in [3.8, 4) is 11.5 Å². The maximum Gasteiger partial charge on any atom is 0.264 e. The fourth-order valence-electron chi connectivity index (χ4n) is 3.51. The lowest BCUT2D eigenvalue weighted by molar-refractivity contribution is 0.0788. The Labute approximate surface area is 164 Å². The summed E-state index contributed by atoms with van der Waals surface area (Å²) in [6.45, 7) is 4.64. The van der Waals surface area contributed by atoms with Crippen LogP contribution in [0.5, 0.6) is 11.5 Å². The van der Waals surface area contributed by atoms with E-state index in [2.05, 4.69) is 9.71 Å². The number of sulfonamides is 1. The first-order chi connectivity index (χ1) is 13.3. The van der Waals surface area contributed by atoms with Crippen molar-refractivity contribution in [1.29, 1.82) is 0 Å². The Hall–Kier alpha value is -2.68. The van der Waals surface area contributed by atoms with E-state index in [0.717, 1.165) is 12.8 Å². The standard InChI is InChI=1S/C19H25N3O5S/c1-12-17(19(23)22-9-5-6-10-22)18(13(2)20-12)28(24,25)21-15-8-7-14(26-3)11-16(15)27-4/h7-8,11,20-21H,5-6,9-10H2,1-4H3. The van der Waals surface area contributed by atoms with Crippen molar-refractivity contribution in [3.05, 3.63) is 35.2 Å². The average Bonchev–Trinajstić information content (AvgIpc) is 3.29. The van der Waals surface area contributed by atoms with Gasteiger partial charge in [0, 0.05) is 30.5 Å². The molecule has 2 aromatic rings. The molecule has 1 aliphatic heterocycles. The molecule has 0 aliphatic carbocycles. The number of anilines is 1. The van der Waals surface area contributed by atoms with Crippen LogP contribution in [0.1, 0.15) is 34.6 Å². The number of nitrogens with one attached hydrogen (secondary N) is 2. The van der Waals surface area contributed by atoms with Crippen LogP contribution in [-0.4, -0.2) is 51.5 Å². The predicted molar refractivity (Wildman–Crippen MR) is 106 cm³/mol. The summed E-state index contributed by atoms with van der Waals surface area (Å²) in [6, 6.07) is 4.78. The molecule has 0 radical (unpaired) electrons. The maximum atomic E-state index is 13.2. The van der Waals surface area contributed by atoms with E-state index in [1.165, 1.54) is 14.2 Å². The van der Waals surface area contributed by atoms with Crippen molar-refractivity contribution >= 4 is 21.6 Å². The number of rotatable bonds is 6. The molecule has 28 heavy (non-hydrogen) atoms. The van der Waals surface area contributed by atoms with E-state index in [1.54, 1.807) is 36.9 Å². The van der Waals surface area contributed by atoms with Crippen LogP contribution in [0.3, 0.4) is 0 Å². The molecule has 3 rings (SSSR count). The minimum Gasteiger partial charge on any atom is -0.497 e. The second-order valence-corrected chi connectivity index (χ2v) is 8.37. The van der Waals surface area contributed by atoms with Gasteiger partial charge in [-0.3, -0.25) is 9.52 Å². The molecule has 8 nitrogen and oxygen atoms in total. The van der Waals surface area contributed by atoms with Crippen molar-refractivity contribution in [2.24, 2.45) is 0 Å². The van der Waals surface area contributed by atoms with Gasteiger partial charge in [0.25, 0.3) is 15.9 Å². The zero-order chi connectivity index (χ0) is 20.5. The third-order valence-corrected chi connectivity index (χ3v) is 6.38. The molecule has 1 saturated heterocycles. The van der Waals surface area contributed by atoms with Gasteiger partial charge in [-0.2, -0.15) is 0 Å². The lowest BCUT2D eigenvalue weighted by Crippen LogP contribution is -2.29. The second-order valence-electron chi connectivity index (χ2n) is 6.75. The van der Waals surface area contributed by atoms with Gasteiger partial charge in [-0.15, -0.1) is 0 Å². The fourth-order valence-corrected chi connectivity index (χ4v) is 5.03. The summed E-state index contributed by atoms with van der Waals surface area (Å²) in [4.78, 5) is 17.7. The molecule has 9 heteroatoms. The van der Waals surface area contributed by atoms with Gasteiger partial charge in [0.2, 0.25) is 0 Å². The van der Waals surface area contributed by atoms with Gasteiger partial charge >= 0.3 is 0 Å². The molecule has 1 aromatic heterocycles. The number of carbonyl (C=O) groups is 1. The summed E-state index contributed by atoms with van der Waals surface area (Å²) in [7, 11) is -1.07. The van der Waals surface area contributed by atoms with Crippen molar-refractivity contribution in [3.63, 3.8) is 0 Å². The number of aryl methyl sites for hydroxylation is 2. The normalized spacial score (nSPS) is 14.2. The SMILES string of the molecule is COc1ccc(NS(=O)(=O)c2c(C)[nH]c(C)c2C(=O)N2CCCC2)c(OC)c1. The number of aromatic nitrogens is 1. The van der Waals surface area contributed by atoms with E-state index in [0.29, 0.717) is 36.0 Å². The molecular formula is C19H25N3O5S. The van der Waals surface area contributed by atoms with E-state index in [4.69, 9.17) is 9.47 Å². The summed E-state index contributed by atoms with van der Waals surface area (Å²) in [5.74, 6) is 0.597. The average molecular weight is 407 g/mol.